The van der Waals surface area contributed by atoms with Crippen molar-refractivity contribution in [3.05, 3.63) is 93.1 Å². The average molecular weight is 678 g/mol. The molecule has 0 unspecified atom stereocenters. The van der Waals surface area contributed by atoms with Gasteiger partial charge in [0.15, 0.2) is 81.3 Å². The molecular formula is C28H6F16O2. The highest BCUT2D eigenvalue weighted by Crippen LogP contribution is 2.52. The first-order valence-electron chi connectivity index (χ1n) is 11.7. The molecule has 0 heterocycles. The molecule has 18 heteroatoms. The summed E-state index contributed by atoms with van der Waals surface area (Å²) in [5.41, 5.74) is -9.58. The first kappa shape index (κ1) is 32.5. The van der Waals surface area contributed by atoms with Gasteiger partial charge >= 0.3 is 0 Å². The van der Waals surface area contributed by atoms with Crippen molar-refractivity contribution in [3.8, 4) is 33.8 Å². The maximum Gasteiger partial charge on any atom is 0.204 e. The van der Waals surface area contributed by atoms with E-state index in [1.807, 2.05) is 0 Å². The third-order valence-corrected chi connectivity index (χ3v) is 6.89. The van der Waals surface area contributed by atoms with Crippen molar-refractivity contribution < 1.29 is 79.7 Å². The smallest absolute Gasteiger partial charge is 0.204 e. The molecule has 0 aliphatic carbocycles. The molecule has 0 saturated carbocycles. The highest BCUT2D eigenvalue weighted by Gasteiger charge is 2.39. The van der Waals surface area contributed by atoms with Crippen LogP contribution in [0.4, 0.5) is 70.2 Å². The van der Waals surface area contributed by atoms with Crippen molar-refractivity contribution in [2.75, 3.05) is 14.2 Å². The lowest BCUT2D eigenvalue weighted by atomic mass is 9.83. The first-order valence-corrected chi connectivity index (χ1v) is 11.7. The summed E-state index contributed by atoms with van der Waals surface area (Å²) < 4.78 is 249. The molecule has 5 aromatic carbocycles. The number of halogens is 16. The second-order valence-corrected chi connectivity index (χ2v) is 9.09. The zero-order chi connectivity index (χ0) is 34.4. The molecule has 0 aliphatic heterocycles. The Kier molecular flexibility index (Phi) is 7.68. The van der Waals surface area contributed by atoms with Crippen molar-refractivity contribution in [2.45, 2.75) is 0 Å². The molecule has 46 heavy (non-hydrogen) atoms. The van der Waals surface area contributed by atoms with Crippen LogP contribution in [0.3, 0.4) is 0 Å². The Morgan fingerprint density at radius 1 is 0.239 bits per heavy atom. The van der Waals surface area contributed by atoms with Gasteiger partial charge in [0.1, 0.15) is 0 Å². The fourth-order valence-electron chi connectivity index (χ4n) is 4.97. The maximum atomic E-state index is 15.5. The van der Waals surface area contributed by atoms with Gasteiger partial charge in [-0.25, -0.2) is 52.7 Å². The number of fused-ring (bicyclic) bond motifs is 2. The Morgan fingerprint density at radius 3 is 0.609 bits per heavy atom. The van der Waals surface area contributed by atoms with E-state index in [-0.39, 0.29) is 0 Å². The predicted octanol–water partition coefficient (Wildman–Crippen LogP) is 9.57. The normalized spacial score (nSPS) is 11.7. The molecule has 0 bridgehead atoms. The van der Waals surface area contributed by atoms with Crippen LogP contribution in [-0.2, 0) is 0 Å². The van der Waals surface area contributed by atoms with E-state index in [9.17, 15) is 35.1 Å². The van der Waals surface area contributed by atoms with Crippen molar-refractivity contribution >= 4 is 21.5 Å². The van der Waals surface area contributed by atoms with Crippen LogP contribution < -0.4 is 9.47 Å². The highest BCUT2D eigenvalue weighted by atomic mass is 19.2. The molecule has 0 aromatic heterocycles. The van der Waals surface area contributed by atoms with Gasteiger partial charge in [-0.3, -0.25) is 0 Å². The number of hydrogen-bond acceptors (Lipinski definition) is 2. The lowest BCUT2D eigenvalue weighted by Gasteiger charge is -2.22. The van der Waals surface area contributed by atoms with E-state index in [1.54, 1.807) is 0 Å². The number of methoxy groups -OCH3 is 2. The zero-order valence-electron chi connectivity index (χ0n) is 21.9. The lowest BCUT2D eigenvalue weighted by molar-refractivity contribution is 0.334. The van der Waals surface area contributed by atoms with Crippen molar-refractivity contribution in [2.24, 2.45) is 0 Å². The Hall–Kier alpha value is -4.90. The summed E-state index contributed by atoms with van der Waals surface area (Å²) in [5.74, 6) is -48.6. The molecule has 0 spiro atoms. The van der Waals surface area contributed by atoms with E-state index in [4.69, 9.17) is 0 Å². The van der Waals surface area contributed by atoms with E-state index in [0.717, 1.165) is 0 Å². The number of benzene rings is 5. The highest BCUT2D eigenvalue weighted by molar-refractivity contribution is 6.22. The van der Waals surface area contributed by atoms with Gasteiger partial charge in [-0.1, -0.05) is 0 Å². The van der Waals surface area contributed by atoms with Crippen molar-refractivity contribution in [1.29, 1.82) is 0 Å². The summed E-state index contributed by atoms with van der Waals surface area (Å²) >= 11 is 0. The standard InChI is InChI=1S/C28H6F16O2/c1-45-27-23(41)15(33)9(16(34)24(27)42)3-5-7(13(31)21(39)19(37)11(5)29)4(8-6(3)12(30)20(38)22(40)14(8)32)10-17(35)25(43)28(46-2)26(44)18(10)36/h1-2H3. The Balaban J connectivity index is 2.32. The van der Waals surface area contributed by atoms with Crippen LogP contribution in [0.1, 0.15) is 0 Å². The third-order valence-electron chi connectivity index (χ3n) is 6.89. The van der Waals surface area contributed by atoms with Gasteiger partial charge in [0.25, 0.3) is 0 Å². The molecule has 242 valence electrons. The minimum absolute atomic E-state index is 0.455. The molecule has 0 saturated heterocycles. The molecule has 0 radical (unpaired) electrons. The summed E-state index contributed by atoms with van der Waals surface area (Å²) in [6, 6.07) is 0. The van der Waals surface area contributed by atoms with Gasteiger partial charge in [0, 0.05) is 32.7 Å². The fourth-order valence-corrected chi connectivity index (χ4v) is 4.97. The molecule has 0 fully saturated rings. The van der Waals surface area contributed by atoms with Crippen LogP contribution in [0.5, 0.6) is 11.5 Å². The first-order chi connectivity index (χ1) is 21.5. The summed E-state index contributed by atoms with van der Waals surface area (Å²) in [6.45, 7) is 0. The van der Waals surface area contributed by atoms with E-state index in [0.29, 0.717) is 14.2 Å². The minimum atomic E-state index is -2.98. The molecule has 5 rings (SSSR count). The monoisotopic (exact) mass is 678 g/mol. The number of rotatable bonds is 4. The summed E-state index contributed by atoms with van der Waals surface area (Å²) in [5, 5.41) is -9.44. The van der Waals surface area contributed by atoms with E-state index in [2.05, 4.69) is 9.47 Å². The Labute approximate surface area is 243 Å². The molecule has 0 N–H and O–H groups in total. The average Bonchev–Trinajstić information content (AvgIpc) is 3.03. The molecule has 5 aromatic rings. The molecule has 0 atom stereocenters. The van der Waals surface area contributed by atoms with E-state index < -0.39 is 148 Å². The van der Waals surface area contributed by atoms with Crippen LogP contribution in [0.25, 0.3) is 43.8 Å². The van der Waals surface area contributed by atoms with Gasteiger partial charge < -0.3 is 9.47 Å². The van der Waals surface area contributed by atoms with Crippen LogP contribution in [0.15, 0.2) is 0 Å². The molecular weight excluding hydrogens is 672 g/mol. The molecule has 0 amide bonds. The largest absolute Gasteiger partial charge is 0.491 e. The summed E-state index contributed by atoms with van der Waals surface area (Å²) in [4.78, 5) is 0. The fraction of sp³-hybridized carbons (Fsp3) is 0.0714. The SMILES string of the molecule is COc1c(F)c(F)c(-c2c3c(F)c(F)c(F)c(F)c3c(-c3c(F)c(F)c(OC)c(F)c3F)c3c(F)c(F)c(F)c(F)c23)c(F)c1F. The van der Waals surface area contributed by atoms with Crippen LogP contribution in [0, 0.1) is 93.1 Å². The Morgan fingerprint density at radius 2 is 0.435 bits per heavy atom. The van der Waals surface area contributed by atoms with Crippen molar-refractivity contribution in [1.82, 2.24) is 0 Å². The van der Waals surface area contributed by atoms with Gasteiger partial charge in [-0.05, 0) is 0 Å². The second-order valence-electron chi connectivity index (χ2n) is 9.09. The van der Waals surface area contributed by atoms with Crippen LogP contribution in [-0.4, -0.2) is 14.2 Å². The predicted molar refractivity (Wildman–Crippen MR) is 125 cm³/mol. The topological polar surface area (TPSA) is 18.5 Å². The van der Waals surface area contributed by atoms with E-state index >= 15 is 35.1 Å². The third kappa shape index (κ3) is 4.00. The molecule has 2 nitrogen and oxygen atoms in total. The van der Waals surface area contributed by atoms with Gasteiger partial charge in [0.05, 0.1) is 25.3 Å². The minimum Gasteiger partial charge on any atom is -0.491 e. The Bertz CT molecular complexity index is 1900. The summed E-state index contributed by atoms with van der Waals surface area (Å²) in [6.07, 6.45) is 0. The van der Waals surface area contributed by atoms with Crippen LogP contribution in [0.2, 0.25) is 0 Å². The maximum absolute atomic E-state index is 15.5. The lowest BCUT2D eigenvalue weighted by Crippen LogP contribution is -2.11. The quantitative estimate of drug-likeness (QED) is 0.0817. The van der Waals surface area contributed by atoms with Gasteiger partial charge in [-0.2, -0.15) is 17.6 Å². The number of ether oxygens (including phenoxy) is 2. The van der Waals surface area contributed by atoms with Crippen molar-refractivity contribution in [3.63, 3.8) is 0 Å². The van der Waals surface area contributed by atoms with Gasteiger partial charge in [-0.15, -0.1) is 0 Å². The number of hydrogen-bond donors (Lipinski definition) is 0. The second kappa shape index (κ2) is 10.9. The van der Waals surface area contributed by atoms with E-state index in [1.165, 1.54) is 0 Å². The van der Waals surface area contributed by atoms with Gasteiger partial charge in [0.2, 0.25) is 23.3 Å². The molecule has 0 aliphatic rings. The van der Waals surface area contributed by atoms with Crippen LogP contribution >= 0.6 is 0 Å². The summed E-state index contributed by atoms with van der Waals surface area (Å²) in [7, 11) is 0.909. The zero-order valence-corrected chi connectivity index (χ0v) is 21.9.